The molecule has 1 heterocycles. The maximum Gasteiger partial charge on any atom is 0.223 e. The van der Waals surface area contributed by atoms with Crippen LogP contribution >= 0.6 is 27.7 Å². The summed E-state index contributed by atoms with van der Waals surface area (Å²) in [4.78, 5) is 5.43. The van der Waals surface area contributed by atoms with Crippen LogP contribution in [0.5, 0.6) is 11.6 Å². The second-order valence-corrected chi connectivity index (χ2v) is 5.39. The van der Waals surface area contributed by atoms with Crippen LogP contribution in [0.2, 0.25) is 0 Å². The van der Waals surface area contributed by atoms with Crippen molar-refractivity contribution < 1.29 is 4.74 Å². The molecule has 1 aromatic heterocycles. The van der Waals surface area contributed by atoms with Crippen molar-refractivity contribution in [2.75, 3.05) is 6.26 Å². The first-order valence-corrected chi connectivity index (χ1v) is 7.41. The molecule has 0 fully saturated rings. The predicted molar refractivity (Wildman–Crippen MR) is 78.1 cm³/mol. The summed E-state index contributed by atoms with van der Waals surface area (Å²) in [6.07, 6.45) is 3.74. The third-order valence-corrected chi connectivity index (χ3v) is 3.56. The lowest BCUT2D eigenvalue weighted by Crippen LogP contribution is -2.01. The number of benzene rings is 1. The second kappa shape index (κ2) is 6.22. The van der Waals surface area contributed by atoms with E-state index >= 15 is 0 Å². The molecule has 94 valence electrons. The van der Waals surface area contributed by atoms with E-state index in [1.165, 1.54) is 4.90 Å². The molecule has 0 saturated heterocycles. The number of thioether (sulfide) groups is 1. The minimum atomic E-state index is 0.394. The first-order chi connectivity index (χ1) is 8.72. The molecule has 2 N–H and O–H groups in total. The summed E-state index contributed by atoms with van der Waals surface area (Å²) in [6.45, 7) is 0.394. The molecule has 2 aromatic rings. The predicted octanol–water partition coefficient (Wildman–Crippen LogP) is 3.82. The van der Waals surface area contributed by atoms with Crippen molar-refractivity contribution in [1.82, 2.24) is 4.98 Å². The van der Waals surface area contributed by atoms with Gasteiger partial charge in [-0.15, -0.1) is 11.8 Å². The summed E-state index contributed by atoms with van der Waals surface area (Å²) in [7, 11) is 0. The number of hydrogen-bond acceptors (Lipinski definition) is 4. The Morgan fingerprint density at radius 2 is 2.06 bits per heavy atom. The van der Waals surface area contributed by atoms with Crippen molar-refractivity contribution in [3.05, 3.63) is 46.6 Å². The van der Waals surface area contributed by atoms with Gasteiger partial charge in [0.05, 0.1) is 0 Å². The third kappa shape index (κ3) is 3.25. The average Bonchev–Trinajstić information content (AvgIpc) is 2.41. The highest BCUT2D eigenvalue weighted by Crippen LogP contribution is 2.26. The fourth-order valence-corrected chi connectivity index (χ4v) is 2.25. The zero-order valence-corrected chi connectivity index (χ0v) is 12.3. The first-order valence-electron chi connectivity index (χ1n) is 5.39. The van der Waals surface area contributed by atoms with E-state index in [1.54, 1.807) is 18.0 Å². The maximum atomic E-state index is 5.73. The maximum absolute atomic E-state index is 5.73. The highest BCUT2D eigenvalue weighted by molar-refractivity contribution is 9.10. The smallest absolute Gasteiger partial charge is 0.223 e. The molecule has 0 amide bonds. The van der Waals surface area contributed by atoms with Gasteiger partial charge in [-0.2, -0.15) is 0 Å². The van der Waals surface area contributed by atoms with Crippen molar-refractivity contribution in [3.63, 3.8) is 0 Å². The van der Waals surface area contributed by atoms with Gasteiger partial charge in [0.25, 0.3) is 0 Å². The Hall–Kier alpha value is -1.04. The molecule has 0 bridgehead atoms. The van der Waals surface area contributed by atoms with Gasteiger partial charge in [-0.05, 0) is 52.5 Å². The van der Waals surface area contributed by atoms with E-state index in [0.717, 1.165) is 15.8 Å². The van der Waals surface area contributed by atoms with Gasteiger partial charge < -0.3 is 10.5 Å². The Balaban J connectivity index is 2.22. The highest BCUT2D eigenvalue weighted by Gasteiger charge is 2.06. The molecule has 0 spiro atoms. The minimum absolute atomic E-state index is 0.394. The normalized spacial score (nSPS) is 10.4. The molecule has 0 unspecified atom stereocenters. The Morgan fingerprint density at radius 1 is 1.33 bits per heavy atom. The molecular formula is C13H13BrN2OS. The molecular weight excluding hydrogens is 312 g/mol. The summed E-state index contributed by atoms with van der Waals surface area (Å²) in [5.41, 5.74) is 6.55. The lowest BCUT2D eigenvalue weighted by atomic mass is 10.3. The average molecular weight is 325 g/mol. The number of nitrogens with two attached hydrogens (primary N) is 1. The number of aromatic nitrogens is 1. The van der Waals surface area contributed by atoms with Gasteiger partial charge in [-0.1, -0.05) is 0 Å². The second-order valence-electron chi connectivity index (χ2n) is 3.60. The van der Waals surface area contributed by atoms with E-state index in [0.29, 0.717) is 12.4 Å². The lowest BCUT2D eigenvalue weighted by molar-refractivity contribution is 0.456. The van der Waals surface area contributed by atoms with Crippen molar-refractivity contribution in [2.45, 2.75) is 11.4 Å². The zero-order chi connectivity index (χ0) is 13.0. The summed E-state index contributed by atoms with van der Waals surface area (Å²) in [6, 6.07) is 9.80. The third-order valence-electron chi connectivity index (χ3n) is 2.39. The summed E-state index contributed by atoms with van der Waals surface area (Å²) in [5.74, 6) is 1.31. The number of halogens is 1. The topological polar surface area (TPSA) is 48.1 Å². The number of hydrogen-bond donors (Lipinski definition) is 1. The molecule has 18 heavy (non-hydrogen) atoms. The zero-order valence-electron chi connectivity index (χ0n) is 9.89. The van der Waals surface area contributed by atoms with Crippen LogP contribution in [0.3, 0.4) is 0 Å². The van der Waals surface area contributed by atoms with Crippen LogP contribution in [-0.2, 0) is 6.54 Å². The van der Waals surface area contributed by atoms with Gasteiger partial charge in [0.1, 0.15) is 5.75 Å². The van der Waals surface area contributed by atoms with Crippen LogP contribution in [0.1, 0.15) is 5.56 Å². The van der Waals surface area contributed by atoms with E-state index in [-0.39, 0.29) is 0 Å². The van der Waals surface area contributed by atoms with Gasteiger partial charge in [-0.3, -0.25) is 0 Å². The molecule has 5 heteroatoms. The van der Waals surface area contributed by atoms with E-state index in [4.69, 9.17) is 10.5 Å². The Morgan fingerprint density at radius 3 is 2.67 bits per heavy atom. The van der Waals surface area contributed by atoms with Crippen LogP contribution in [0, 0.1) is 0 Å². The largest absolute Gasteiger partial charge is 0.439 e. The molecule has 0 saturated carbocycles. The Bertz CT molecular complexity index is 531. The minimum Gasteiger partial charge on any atom is -0.439 e. The monoisotopic (exact) mass is 324 g/mol. The summed E-state index contributed by atoms with van der Waals surface area (Å²) in [5, 5.41) is 0. The number of nitrogens with zero attached hydrogens (tertiary/aromatic N) is 1. The number of pyridine rings is 1. The van der Waals surface area contributed by atoms with E-state index in [1.807, 2.05) is 36.6 Å². The molecule has 0 aliphatic heterocycles. The number of rotatable bonds is 4. The van der Waals surface area contributed by atoms with Crippen molar-refractivity contribution >= 4 is 27.7 Å². The van der Waals surface area contributed by atoms with Gasteiger partial charge >= 0.3 is 0 Å². The van der Waals surface area contributed by atoms with E-state index in [2.05, 4.69) is 20.9 Å². The van der Waals surface area contributed by atoms with Gasteiger partial charge in [-0.25, -0.2) is 4.98 Å². The van der Waals surface area contributed by atoms with Gasteiger partial charge in [0, 0.05) is 27.7 Å². The molecule has 0 aliphatic rings. The quantitative estimate of drug-likeness (QED) is 0.868. The van der Waals surface area contributed by atoms with Crippen LogP contribution in [0.4, 0.5) is 0 Å². The van der Waals surface area contributed by atoms with Crippen LogP contribution in [0.15, 0.2) is 45.9 Å². The van der Waals surface area contributed by atoms with Crippen LogP contribution in [-0.4, -0.2) is 11.2 Å². The molecule has 0 aliphatic carbocycles. The van der Waals surface area contributed by atoms with Gasteiger partial charge in [0.15, 0.2) is 0 Å². The fraction of sp³-hybridized carbons (Fsp3) is 0.154. The van der Waals surface area contributed by atoms with Crippen LogP contribution in [0.25, 0.3) is 0 Å². The number of ether oxygens (including phenoxy) is 1. The Labute approximate surface area is 119 Å². The van der Waals surface area contributed by atoms with Crippen molar-refractivity contribution in [1.29, 1.82) is 0 Å². The molecule has 0 radical (unpaired) electrons. The molecule has 3 nitrogen and oxygen atoms in total. The van der Waals surface area contributed by atoms with Crippen LogP contribution < -0.4 is 10.5 Å². The summed E-state index contributed by atoms with van der Waals surface area (Å²) < 4.78 is 6.63. The fourth-order valence-electron chi connectivity index (χ4n) is 1.46. The molecule has 1 aromatic carbocycles. The van der Waals surface area contributed by atoms with E-state index < -0.39 is 0 Å². The molecule has 0 atom stereocenters. The van der Waals surface area contributed by atoms with Crippen molar-refractivity contribution in [3.8, 4) is 11.6 Å². The van der Waals surface area contributed by atoms with E-state index in [9.17, 15) is 0 Å². The Kier molecular flexibility index (Phi) is 4.63. The van der Waals surface area contributed by atoms with Gasteiger partial charge in [0.2, 0.25) is 5.88 Å². The lowest BCUT2D eigenvalue weighted by Gasteiger charge is -2.09. The summed E-state index contributed by atoms with van der Waals surface area (Å²) >= 11 is 5.06. The van der Waals surface area contributed by atoms with Crippen molar-refractivity contribution in [2.24, 2.45) is 5.73 Å². The standard InChI is InChI=1S/C13H13BrN2OS/c1-18-12-4-2-11(3-5-12)17-13-9(7-15)6-10(14)8-16-13/h2-6,8H,7,15H2,1H3. The highest BCUT2D eigenvalue weighted by atomic mass is 79.9. The molecule has 2 rings (SSSR count). The SMILES string of the molecule is CSc1ccc(Oc2ncc(Br)cc2CN)cc1. The first kappa shape index (κ1) is 13.4.